The summed E-state index contributed by atoms with van der Waals surface area (Å²) in [5, 5.41) is 3.68. The van der Waals surface area contributed by atoms with E-state index in [9.17, 15) is 9.59 Å². The Labute approximate surface area is 159 Å². The van der Waals surface area contributed by atoms with Gasteiger partial charge in [0.2, 0.25) is 0 Å². The van der Waals surface area contributed by atoms with Crippen LogP contribution in [0.3, 0.4) is 0 Å². The number of halogens is 1. The van der Waals surface area contributed by atoms with Crippen LogP contribution >= 0.6 is 15.9 Å². The zero-order valence-corrected chi connectivity index (χ0v) is 16.1. The predicted octanol–water partition coefficient (Wildman–Crippen LogP) is 4.44. The maximum absolute atomic E-state index is 12.1. The zero-order valence-electron chi connectivity index (χ0n) is 14.5. The van der Waals surface area contributed by atoms with Gasteiger partial charge in [-0.15, -0.1) is 0 Å². The molecule has 5 nitrogen and oxygen atoms in total. The van der Waals surface area contributed by atoms with Crippen molar-refractivity contribution in [1.82, 2.24) is 0 Å². The Morgan fingerprint density at radius 1 is 1.19 bits per heavy atom. The van der Waals surface area contributed by atoms with Gasteiger partial charge in [-0.25, -0.2) is 4.79 Å². The number of aryl methyl sites for hydroxylation is 2. The summed E-state index contributed by atoms with van der Waals surface area (Å²) in [5.74, 6) is 0.205. The standard InChI is InChI=1S/C20H18BrNO4/c1-3-13-9-20(24)26-18-10-15(5-6-16(13)18)25-11-19(23)22-17-7-4-14(21)8-12(17)2/h4-10H,3,11H2,1-2H3,(H,22,23). The molecule has 0 aliphatic carbocycles. The SMILES string of the molecule is CCc1cc(=O)oc2cc(OCC(=O)Nc3ccc(Br)cc3C)ccc12. The Morgan fingerprint density at radius 2 is 2.00 bits per heavy atom. The molecule has 0 unspecified atom stereocenters. The number of hydrogen-bond donors (Lipinski definition) is 1. The number of anilines is 1. The molecule has 1 heterocycles. The van der Waals surface area contributed by atoms with Crippen LogP contribution in [0, 0.1) is 6.92 Å². The van der Waals surface area contributed by atoms with Crippen molar-refractivity contribution in [1.29, 1.82) is 0 Å². The molecule has 26 heavy (non-hydrogen) atoms. The van der Waals surface area contributed by atoms with Crippen LogP contribution in [-0.4, -0.2) is 12.5 Å². The molecule has 0 spiro atoms. The lowest BCUT2D eigenvalue weighted by molar-refractivity contribution is -0.118. The largest absolute Gasteiger partial charge is 0.484 e. The van der Waals surface area contributed by atoms with Crippen molar-refractivity contribution in [3.05, 3.63) is 68.5 Å². The molecule has 0 bridgehead atoms. The number of hydrogen-bond acceptors (Lipinski definition) is 4. The van der Waals surface area contributed by atoms with Crippen LogP contribution < -0.4 is 15.7 Å². The molecule has 0 fully saturated rings. The molecule has 0 saturated carbocycles. The van der Waals surface area contributed by atoms with Crippen LogP contribution in [0.4, 0.5) is 5.69 Å². The lowest BCUT2D eigenvalue weighted by Crippen LogP contribution is -2.20. The average Bonchev–Trinajstić information content (AvgIpc) is 2.61. The number of amides is 1. The quantitative estimate of drug-likeness (QED) is 0.625. The number of carbonyl (C=O) groups excluding carboxylic acids is 1. The van der Waals surface area contributed by atoms with E-state index in [4.69, 9.17) is 9.15 Å². The molecule has 134 valence electrons. The third kappa shape index (κ3) is 4.14. The lowest BCUT2D eigenvalue weighted by Gasteiger charge is -2.10. The number of nitrogens with one attached hydrogen (secondary N) is 1. The van der Waals surface area contributed by atoms with Gasteiger partial charge in [-0.2, -0.15) is 0 Å². The summed E-state index contributed by atoms with van der Waals surface area (Å²) in [4.78, 5) is 23.7. The second-order valence-corrected chi connectivity index (χ2v) is 6.81. The maximum Gasteiger partial charge on any atom is 0.336 e. The van der Waals surface area contributed by atoms with Gasteiger partial charge in [-0.1, -0.05) is 22.9 Å². The highest BCUT2D eigenvalue weighted by atomic mass is 79.9. The second-order valence-electron chi connectivity index (χ2n) is 5.90. The second kappa shape index (κ2) is 7.74. The van der Waals surface area contributed by atoms with Gasteiger partial charge in [-0.05, 0) is 54.8 Å². The van der Waals surface area contributed by atoms with Crippen LogP contribution in [0.1, 0.15) is 18.1 Å². The monoisotopic (exact) mass is 415 g/mol. The summed E-state index contributed by atoms with van der Waals surface area (Å²) in [6, 6.07) is 12.3. The van der Waals surface area contributed by atoms with Gasteiger partial charge in [0.15, 0.2) is 6.61 Å². The van der Waals surface area contributed by atoms with E-state index in [1.54, 1.807) is 12.1 Å². The summed E-state index contributed by atoms with van der Waals surface area (Å²) in [5.41, 5.74) is 2.67. The van der Waals surface area contributed by atoms with E-state index < -0.39 is 5.63 Å². The molecular weight excluding hydrogens is 398 g/mol. The molecule has 0 radical (unpaired) electrons. The first-order chi connectivity index (χ1) is 12.5. The maximum atomic E-state index is 12.1. The number of benzene rings is 2. The number of fused-ring (bicyclic) bond motifs is 1. The van der Waals surface area contributed by atoms with Gasteiger partial charge >= 0.3 is 5.63 Å². The highest BCUT2D eigenvalue weighted by Gasteiger charge is 2.09. The van der Waals surface area contributed by atoms with E-state index in [1.165, 1.54) is 6.07 Å². The Morgan fingerprint density at radius 3 is 2.73 bits per heavy atom. The molecule has 1 amide bonds. The zero-order chi connectivity index (χ0) is 18.7. The fourth-order valence-electron chi connectivity index (χ4n) is 2.70. The number of carbonyl (C=O) groups is 1. The van der Waals surface area contributed by atoms with E-state index in [-0.39, 0.29) is 12.5 Å². The summed E-state index contributed by atoms with van der Waals surface area (Å²) in [6.07, 6.45) is 0.733. The van der Waals surface area contributed by atoms with E-state index in [0.717, 1.165) is 33.1 Å². The molecule has 3 rings (SSSR count). The van der Waals surface area contributed by atoms with Crippen LogP contribution in [-0.2, 0) is 11.2 Å². The van der Waals surface area contributed by atoms with Crippen LogP contribution in [0.2, 0.25) is 0 Å². The fourth-order valence-corrected chi connectivity index (χ4v) is 3.17. The molecule has 3 aromatic rings. The third-order valence-electron chi connectivity index (χ3n) is 4.02. The van der Waals surface area contributed by atoms with Crippen LogP contribution in [0.15, 0.2) is 56.1 Å². The molecule has 0 saturated heterocycles. The summed E-state index contributed by atoms with van der Waals surface area (Å²) >= 11 is 3.39. The summed E-state index contributed by atoms with van der Waals surface area (Å²) in [7, 11) is 0. The van der Waals surface area contributed by atoms with Crippen molar-refractivity contribution < 1.29 is 13.9 Å². The van der Waals surface area contributed by atoms with E-state index in [2.05, 4.69) is 21.2 Å². The van der Waals surface area contributed by atoms with Crippen molar-refractivity contribution in [2.75, 3.05) is 11.9 Å². The van der Waals surface area contributed by atoms with Crippen molar-refractivity contribution in [2.24, 2.45) is 0 Å². The predicted molar refractivity (Wildman–Crippen MR) is 105 cm³/mol. The normalized spacial score (nSPS) is 10.7. The minimum Gasteiger partial charge on any atom is -0.484 e. The van der Waals surface area contributed by atoms with Gasteiger partial charge in [0.05, 0.1) is 0 Å². The lowest BCUT2D eigenvalue weighted by atomic mass is 10.1. The van der Waals surface area contributed by atoms with Crippen molar-refractivity contribution in [2.45, 2.75) is 20.3 Å². The van der Waals surface area contributed by atoms with Gasteiger partial charge < -0.3 is 14.5 Å². The molecule has 0 atom stereocenters. The molecule has 0 aliphatic heterocycles. The molecule has 1 N–H and O–H groups in total. The Bertz CT molecular complexity index is 1030. The number of ether oxygens (including phenoxy) is 1. The minimum atomic E-state index is -0.394. The van der Waals surface area contributed by atoms with Crippen molar-refractivity contribution in [3.8, 4) is 5.75 Å². The van der Waals surface area contributed by atoms with E-state index >= 15 is 0 Å². The van der Waals surface area contributed by atoms with E-state index in [0.29, 0.717) is 11.3 Å². The van der Waals surface area contributed by atoms with Crippen LogP contribution in [0.25, 0.3) is 11.0 Å². The smallest absolute Gasteiger partial charge is 0.336 e. The topological polar surface area (TPSA) is 68.5 Å². The average molecular weight is 416 g/mol. The Balaban J connectivity index is 1.71. The highest BCUT2D eigenvalue weighted by molar-refractivity contribution is 9.10. The first-order valence-electron chi connectivity index (χ1n) is 8.22. The molecule has 1 aromatic heterocycles. The Hall–Kier alpha value is -2.60. The summed E-state index contributed by atoms with van der Waals surface area (Å²) < 4.78 is 11.7. The van der Waals surface area contributed by atoms with Gasteiger partial charge in [-0.3, -0.25) is 4.79 Å². The third-order valence-corrected chi connectivity index (χ3v) is 4.51. The molecule has 6 heteroatoms. The van der Waals surface area contributed by atoms with E-state index in [1.807, 2.05) is 38.1 Å². The van der Waals surface area contributed by atoms with Gasteiger partial charge in [0, 0.05) is 27.7 Å². The van der Waals surface area contributed by atoms with Crippen molar-refractivity contribution in [3.63, 3.8) is 0 Å². The highest BCUT2D eigenvalue weighted by Crippen LogP contribution is 2.23. The fraction of sp³-hybridized carbons (Fsp3) is 0.200. The van der Waals surface area contributed by atoms with Gasteiger partial charge in [0.25, 0.3) is 5.91 Å². The first-order valence-corrected chi connectivity index (χ1v) is 9.01. The number of rotatable bonds is 5. The van der Waals surface area contributed by atoms with Gasteiger partial charge in [0.1, 0.15) is 11.3 Å². The molecule has 2 aromatic carbocycles. The first kappa shape index (κ1) is 18.2. The molecular formula is C20H18BrNO4. The summed E-state index contributed by atoms with van der Waals surface area (Å²) in [6.45, 7) is 3.75. The van der Waals surface area contributed by atoms with Crippen LogP contribution in [0.5, 0.6) is 5.75 Å². The molecule has 0 aliphatic rings. The minimum absolute atomic E-state index is 0.140. The van der Waals surface area contributed by atoms with Crippen molar-refractivity contribution >= 4 is 38.5 Å². The Kier molecular flexibility index (Phi) is 5.42.